The Hall–Kier alpha value is -4.18. The first-order chi connectivity index (χ1) is 19.0. The van der Waals surface area contributed by atoms with Gasteiger partial charge in [0.25, 0.3) is 5.56 Å². The van der Waals surface area contributed by atoms with E-state index in [4.69, 9.17) is 21.1 Å². The Labute approximate surface area is 233 Å². The van der Waals surface area contributed by atoms with E-state index in [0.29, 0.717) is 39.0 Å². The van der Waals surface area contributed by atoms with E-state index in [2.05, 4.69) is 15.0 Å². The first kappa shape index (κ1) is 28.8. The van der Waals surface area contributed by atoms with E-state index in [0.717, 1.165) is 27.3 Å². The van der Waals surface area contributed by atoms with Gasteiger partial charge < -0.3 is 14.0 Å². The molecule has 3 heterocycles. The molecule has 1 aromatic carbocycles. The number of aliphatic imine (C=N–C) groups is 1. The molecule has 0 amide bonds. The topological polar surface area (TPSA) is 78.6 Å². The van der Waals surface area contributed by atoms with Gasteiger partial charge in [-0.05, 0) is 51.1 Å². The molecule has 4 aromatic rings. The first-order valence-corrected chi connectivity index (χ1v) is 12.6. The number of aryl methyl sites for hydroxylation is 1. The molecule has 7 nitrogen and oxygen atoms in total. The number of para-hydroxylation sites is 1. The summed E-state index contributed by atoms with van der Waals surface area (Å²) in [5, 5.41) is 1.29. The van der Waals surface area contributed by atoms with Crippen molar-refractivity contribution >= 4 is 34.4 Å². The summed E-state index contributed by atoms with van der Waals surface area (Å²) in [5.41, 5.74) is 1.10. The van der Waals surface area contributed by atoms with Crippen LogP contribution >= 0.6 is 11.6 Å². The molecule has 0 saturated carbocycles. The van der Waals surface area contributed by atoms with E-state index < -0.39 is 17.3 Å². The molecule has 0 radical (unpaired) electrons. The molecule has 0 aliphatic rings. The lowest BCUT2D eigenvalue weighted by molar-refractivity contribution is -0.138. The third-order valence-corrected chi connectivity index (χ3v) is 6.29. The molecule has 0 fully saturated rings. The van der Waals surface area contributed by atoms with Crippen molar-refractivity contribution in [2.75, 3.05) is 7.11 Å². The molecule has 0 bridgehead atoms. The SMILES string of the molecule is CC=N/C(=C(\C)Cl)c1cc(C)nc2c(OCc3c(OC)ccnc3Cn3cccc(C(F)(F)F)c3=O)cccc12. The van der Waals surface area contributed by atoms with Gasteiger partial charge in [0.15, 0.2) is 0 Å². The molecular formula is C29H26ClF3N4O3. The fourth-order valence-electron chi connectivity index (χ4n) is 4.32. The summed E-state index contributed by atoms with van der Waals surface area (Å²) in [5.74, 6) is 0.873. The maximum absolute atomic E-state index is 13.3. The quantitative estimate of drug-likeness (QED) is 0.218. The lowest BCUT2D eigenvalue weighted by Gasteiger charge is -2.17. The highest BCUT2D eigenvalue weighted by atomic mass is 35.5. The third kappa shape index (κ3) is 6.02. The number of benzene rings is 1. The van der Waals surface area contributed by atoms with Gasteiger partial charge in [-0.2, -0.15) is 13.2 Å². The minimum atomic E-state index is -4.77. The summed E-state index contributed by atoms with van der Waals surface area (Å²) in [7, 11) is 1.46. The van der Waals surface area contributed by atoms with E-state index in [1.54, 1.807) is 32.2 Å². The van der Waals surface area contributed by atoms with Crippen molar-refractivity contribution in [1.82, 2.24) is 14.5 Å². The number of nitrogens with zero attached hydrogens (tertiary/aromatic N) is 4. The van der Waals surface area contributed by atoms with E-state index >= 15 is 0 Å². The van der Waals surface area contributed by atoms with E-state index in [1.807, 2.05) is 25.1 Å². The fraction of sp³-hybridized carbons (Fsp3) is 0.241. The lowest BCUT2D eigenvalue weighted by atomic mass is 10.0. The Morgan fingerprint density at radius 3 is 2.62 bits per heavy atom. The number of rotatable bonds is 8. The van der Waals surface area contributed by atoms with Crippen molar-refractivity contribution in [3.8, 4) is 11.5 Å². The minimum absolute atomic E-state index is 0.0472. The zero-order valence-corrected chi connectivity index (χ0v) is 23.0. The predicted octanol–water partition coefficient (Wildman–Crippen LogP) is 6.77. The number of alkyl halides is 3. The predicted molar refractivity (Wildman–Crippen MR) is 149 cm³/mol. The molecular weight excluding hydrogens is 545 g/mol. The van der Waals surface area contributed by atoms with Crippen molar-refractivity contribution in [2.45, 2.75) is 40.1 Å². The van der Waals surface area contributed by atoms with Crippen LogP contribution in [0.3, 0.4) is 0 Å². The van der Waals surface area contributed by atoms with Crippen molar-refractivity contribution in [3.63, 3.8) is 0 Å². The van der Waals surface area contributed by atoms with E-state index in [-0.39, 0.29) is 13.2 Å². The van der Waals surface area contributed by atoms with E-state index in [9.17, 15) is 18.0 Å². The molecule has 208 valence electrons. The monoisotopic (exact) mass is 570 g/mol. The molecule has 0 unspecified atom stereocenters. The molecule has 40 heavy (non-hydrogen) atoms. The van der Waals surface area contributed by atoms with Crippen molar-refractivity contribution in [2.24, 2.45) is 4.99 Å². The second-order valence-corrected chi connectivity index (χ2v) is 9.38. The fourth-order valence-corrected chi connectivity index (χ4v) is 4.47. The van der Waals surface area contributed by atoms with Crippen LogP contribution in [0.15, 0.2) is 69.7 Å². The average Bonchev–Trinajstić information content (AvgIpc) is 2.90. The largest absolute Gasteiger partial charge is 0.496 e. The summed E-state index contributed by atoms with van der Waals surface area (Å²) < 4.78 is 52.6. The summed E-state index contributed by atoms with van der Waals surface area (Å²) in [6.07, 6.45) is -0.367. The second-order valence-electron chi connectivity index (χ2n) is 8.81. The molecule has 0 atom stereocenters. The highest BCUT2D eigenvalue weighted by Crippen LogP contribution is 2.34. The maximum atomic E-state index is 13.3. The Morgan fingerprint density at radius 1 is 1.18 bits per heavy atom. The van der Waals surface area contributed by atoms with Crippen LogP contribution in [0.2, 0.25) is 0 Å². The Morgan fingerprint density at radius 2 is 1.95 bits per heavy atom. The number of halogens is 4. The molecule has 0 spiro atoms. The number of allylic oxidation sites excluding steroid dienone is 1. The van der Waals surface area contributed by atoms with E-state index in [1.165, 1.54) is 25.6 Å². The number of fused-ring (bicyclic) bond motifs is 1. The van der Waals surface area contributed by atoms with Crippen LogP contribution in [-0.4, -0.2) is 27.9 Å². The van der Waals surface area contributed by atoms with Crippen molar-refractivity contribution < 1.29 is 22.6 Å². The summed E-state index contributed by atoms with van der Waals surface area (Å²) in [4.78, 5) is 26.0. The van der Waals surface area contributed by atoms with Gasteiger partial charge >= 0.3 is 6.18 Å². The Bertz CT molecular complexity index is 1680. The van der Waals surface area contributed by atoms with Gasteiger partial charge in [0.2, 0.25) is 0 Å². The number of methoxy groups -OCH3 is 1. The van der Waals surface area contributed by atoms with Crippen molar-refractivity contribution in [3.05, 3.63) is 98.3 Å². The van der Waals surface area contributed by atoms with Gasteiger partial charge in [-0.15, -0.1) is 0 Å². The number of pyridine rings is 3. The Kier molecular flexibility index (Phi) is 8.58. The highest BCUT2D eigenvalue weighted by molar-refractivity contribution is 6.32. The second kappa shape index (κ2) is 11.9. The van der Waals surface area contributed by atoms with Gasteiger partial charge in [0.1, 0.15) is 29.2 Å². The summed E-state index contributed by atoms with van der Waals surface area (Å²) >= 11 is 6.36. The van der Waals surface area contributed by atoms with Crippen LogP contribution < -0.4 is 15.0 Å². The molecule has 0 aliphatic heterocycles. The van der Waals surface area contributed by atoms with Crippen LogP contribution in [0.1, 0.15) is 41.9 Å². The molecule has 0 N–H and O–H groups in total. The highest BCUT2D eigenvalue weighted by Gasteiger charge is 2.34. The first-order valence-electron chi connectivity index (χ1n) is 12.2. The zero-order valence-electron chi connectivity index (χ0n) is 22.2. The average molecular weight is 571 g/mol. The molecule has 3 aromatic heterocycles. The number of hydrogen-bond donors (Lipinski definition) is 0. The smallest absolute Gasteiger partial charge is 0.421 e. The minimum Gasteiger partial charge on any atom is -0.496 e. The lowest BCUT2D eigenvalue weighted by Crippen LogP contribution is -2.28. The molecule has 11 heteroatoms. The number of aromatic nitrogens is 3. The molecule has 0 saturated heterocycles. The van der Waals surface area contributed by atoms with Gasteiger partial charge in [-0.3, -0.25) is 14.8 Å². The summed E-state index contributed by atoms with van der Waals surface area (Å²) in [6, 6.07) is 10.9. The van der Waals surface area contributed by atoms with Gasteiger partial charge in [0, 0.05) is 40.3 Å². The van der Waals surface area contributed by atoms with Crippen molar-refractivity contribution in [1.29, 1.82) is 0 Å². The van der Waals surface area contributed by atoms with Crippen LogP contribution in [0.4, 0.5) is 13.2 Å². The summed E-state index contributed by atoms with van der Waals surface area (Å²) in [6.45, 7) is 5.16. The standard InChI is InChI=1S/C29H26ClF3N4O3/c1-5-34-26(18(3)30)20-14-17(2)36-27-19(20)8-6-10-25(27)40-16-21-23(35-12-11-24(21)39-4)15-37-13-7-9-22(28(37)38)29(31,32)33/h5-14H,15-16H2,1-4H3/b26-18+,34-5?. The third-order valence-electron chi connectivity index (χ3n) is 6.11. The molecule has 0 aliphatic carbocycles. The van der Waals surface area contributed by atoms with Crippen LogP contribution in [0.5, 0.6) is 11.5 Å². The van der Waals surface area contributed by atoms with Gasteiger partial charge in [-0.1, -0.05) is 23.7 Å². The Balaban J connectivity index is 1.75. The maximum Gasteiger partial charge on any atom is 0.421 e. The zero-order chi connectivity index (χ0) is 29.0. The normalized spacial score (nSPS) is 12.6. The van der Waals surface area contributed by atoms with Gasteiger partial charge in [0.05, 0.1) is 30.6 Å². The van der Waals surface area contributed by atoms with Gasteiger partial charge in [-0.25, -0.2) is 4.98 Å². The van der Waals surface area contributed by atoms with Crippen LogP contribution in [0, 0.1) is 6.92 Å². The van der Waals surface area contributed by atoms with Crippen LogP contribution in [-0.2, 0) is 19.3 Å². The molecule has 4 rings (SSSR count). The number of hydrogen-bond acceptors (Lipinski definition) is 6. The van der Waals surface area contributed by atoms with Crippen LogP contribution in [0.25, 0.3) is 16.6 Å². The number of ether oxygens (including phenoxy) is 2.